The van der Waals surface area contributed by atoms with Crippen molar-refractivity contribution in [2.75, 3.05) is 26.2 Å². The lowest BCUT2D eigenvalue weighted by Crippen LogP contribution is -2.35. The first kappa shape index (κ1) is 17.5. The summed E-state index contributed by atoms with van der Waals surface area (Å²) in [5.41, 5.74) is 0. The maximum atomic E-state index is 11.8. The Labute approximate surface area is 125 Å². The second-order valence-corrected chi connectivity index (χ2v) is 6.09. The number of amides is 1. The van der Waals surface area contributed by atoms with E-state index in [9.17, 15) is 4.79 Å². The Bertz CT molecular complexity index is 243. The average molecular weight is 282 g/mol. The highest BCUT2D eigenvalue weighted by Gasteiger charge is 2.14. The van der Waals surface area contributed by atoms with Crippen LogP contribution in [0, 0.1) is 0 Å². The molecule has 1 fully saturated rings. The molecular formula is C17H34N2O. The average Bonchev–Trinajstić information content (AvgIpc) is 2.66. The quantitative estimate of drug-likeness (QED) is 0.586. The van der Waals surface area contributed by atoms with E-state index in [2.05, 4.69) is 12.2 Å². The van der Waals surface area contributed by atoms with Crippen molar-refractivity contribution in [2.45, 2.75) is 77.6 Å². The van der Waals surface area contributed by atoms with Crippen LogP contribution in [0.5, 0.6) is 0 Å². The van der Waals surface area contributed by atoms with Crippen molar-refractivity contribution in [1.82, 2.24) is 10.2 Å². The van der Waals surface area contributed by atoms with E-state index in [4.69, 9.17) is 0 Å². The Balaban J connectivity index is 1.87. The van der Waals surface area contributed by atoms with E-state index < -0.39 is 0 Å². The Morgan fingerprint density at radius 1 is 0.950 bits per heavy atom. The maximum Gasteiger partial charge on any atom is 0.236 e. The molecule has 0 aromatic carbocycles. The molecule has 0 aliphatic carbocycles. The minimum Gasteiger partial charge on any atom is -0.342 e. The fourth-order valence-corrected chi connectivity index (χ4v) is 2.85. The van der Waals surface area contributed by atoms with Crippen LogP contribution < -0.4 is 5.32 Å². The molecule has 0 saturated carbocycles. The molecule has 0 unspecified atom stereocenters. The van der Waals surface area contributed by atoms with Gasteiger partial charge in [-0.1, -0.05) is 64.7 Å². The molecule has 0 bridgehead atoms. The van der Waals surface area contributed by atoms with Gasteiger partial charge in [0.15, 0.2) is 0 Å². The van der Waals surface area contributed by atoms with Gasteiger partial charge in [-0.3, -0.25) is 4.79 Å². The zero-order valence-corrected chi connectivity index (χ0v) is 13.5. The molecule has 0 spiro atoms. The van der Waals surface area contributed by atoms with Gasteiger partial charge in [0.05, 0.1) is 6.54 Å². The fraction of sp³-hybridized carbons (Fsp3) is 0.941. The van der Waals surface area contributed by atoms with E-state index in [1.165, 1.54) is 64.2 Å². The minimum absolute atomic E-state index is 0.290. The lowest BCUT2D eigenvalue weighted by atomic mass is 10.1. The van der Waals surface area contributed by atoms with Gasteiger partial charge in [-0.25, -0.2) is 0 Å². The summed E-state index contributed by atoms with van der Waals surface area (Å²) in [4.78, 5) is 13.8. The zero-order valence-electron chi connectivity index (χ0n) is 13.5. The second-order valence-electron chi connectivity index (χ2n) is 6.09. The predicted octanol–water partition coefficient (Wildman–Crippen LogP) is 3.73. The first-order chi connectivity index (χ1) is 9.84. The lowest BCUT2D eigenvalue weighted by Gasteiger charge is -2.19. The third kappa shape index (κ3) is 8.57. The van der Waals surface area contributed by atoms with E-state index in [0.29, 0.717) is 12.5 Å². The molecule has 1 aliphatic heterocycles. The summed E-state index contributed by atoms with van der Waals surface area (Å²) in [5, 5.41) is 3.17. The van der Waals surface area contributed by atoms with Crippen LogP contribution in [0.25, 0.3) is 0 Å². The molecule has 0 atom stereocenters. The number of nitrogens with one attached hydrogen (secondary N) is 1. The first-order valence-corrected chi connectivity index (χ1v) is 8.83. The Morgan fingerprint density at radius 3 is 2.20 bits per heavy atom. The van der Waals surface area contributed by atoms with Crippen molar-refractivity contribution in [3.05, 3.63) is 0 Å². The number of rotatable bonds is 11. The van der Waals surface area contributed by atoms with Crippen molar-refractivity contribution in [3.8, 4) is 0 Å². The number of hydrogen-bond acceptors (Lipinski definition) is 2. The van der Waals surface area contributed by atoms with Crippen molar-refractivity contribution < 1.29 is 4.79 Å². The third-order valence-corrected chi connectivity index (χ3v) is 4.19. The third-order valence-electron chi connectivity index (χ3n) is 4.19. The van der Waals surface area contributed by atoms with Gasteiger partial charge in [0.25, 0.3) is 0 Å². The summed E-state index contributed by atoms with van der Waals surface area (Å²) in [6, 6.07) is 0. The molecule has 1 amide bonds. The molecule has 1 rings (SSSR count). The van der Waals surface area contributed by atoms with Crippen molar-refractivity contribution in [3.63, 3.8) is 0 Å². The Morgan fingerprint density at radius 2 is 1.55 bits per heavy atom. The molecular weight excluding hydrogens is 248 g/mol. The van der Waals surface area contributed by atoms with Gasteiger partial charge < -0.3 is 10.2 Å². The van der Waals surface area contributed by atoms with Crippen molar-refractivity contribution in [1.29, 1.82) is 0 Å². The number of unbranched alkanes of at least 4 members (excludes halogenated alkanes) is 9. The zero-order chi connectivity index (χ0) is 14.5. The molecule has 3 nitrogen and oxygen atoms in total. The molecule has 118 valence electrons. The highest BCUT2D eigenvalue weighted by Crippen LogP contribution is 2.11. The molecule has 20 heavy (non-hydrogen) atoms. The smallest absolute Gasteiger partial charge is 0.236 e. The maximum absolute atomic E-state index is 11.8. The van der Waals surface area contributed by atoms with Gasteiger partial charge in [0, 0.05) is 13.1 Å². The Hall–Kier alpha value is -0.570. The minimum atomic E-state index is 0.290. The molecule has 0 aromatic heterocycles. The highest BCUT2D eigenvalue weighted by molar-refractivity contribution is 5.78. The summed E-state index contributed by atoms with van der Waals surface area (Å²) in [6.45, 7) is 5.71. The molecule has 1 heterocycles. The van der Waals surface area contributed by atoms with Crippen molar-refractivity contribution in [2.24, 2.45) is 0 Å². The van der Waals surface area contributed by atoms with E-state index >= 15 is 0 Å². The lowest BCUT2D eigenvalue weighted by molar-refractivity contribution is -0.129. The van der Waals surface area contributed by atoms with E-state index in [1.807, 2.05) is 4.90 Å². The van der Waals surface area contributed by atoms with Crippen LogP contribution in [0.1, 0.15) is 77.6 Å². The van der Waals surface area contributed by atoms with E-state index in [1.54, 1.807) is 0 Å². The van der Waals surface area contributed by atoms with Gasteiger partial charge in [-0.05, 0) is 19.4 Å². The predicted molar refractivity (Wildman–Crippen MR) is 85.9 cm³/mol. The largest absolute Gasteiger partial charge is 0.342 e. The summed E-state index contributed by atoms with van der Waals surface area (Å²) in [5.74, 6) is 0.290. The summed E-state index contributed by atoms with van der Waals surface area (Å²) < 4.78 is 0. The molecule has 0 radical (unpaired) electrons. The highest BCUT2D eigenvalue weighted by atomic mass is 16.2. The Kier molecular flexibility index (Phi) is 10.7. The van der Waals surface area contributed by atoms with Crippen LogP contribution in [0.3, 0.4) is 0 Å². The summed E-state index contributed by atoms with van der Waals surface area (Å²) in [6.07, 6.45) is 14.7. The van der Waals surface area contributed by atoms with Crippen molar-refractivity contribution >= 4 is 5.91 Å². The molecule has 0 aromatic rings. The van der Waals surface area contributed by atoms with Crippen LogP contribution in [-0.2, 0) is 4.79 Å². The molecule has 1 N–H and O–H groups in total. The van der Waals surface area contributed by atoms with Gasteiger partial charge in [0.1, 0.15) is 0 Å². The number of carbonyl (C=O) groups is 1. The number of nitrogens with zero attached hydrogens (tertiary/aromatic N) is 1. The monoisotopic (exact) mass is 282 g/mol. The molecule has 3 heteroatoms. The standard InChI is InChI=1S/C17H34N2O/c1-2-3-4-5-6-7-8-9-10-11-14-19-15-12-13-18-16-17(19)20/h18H,2-16H2,1H3. The van der Waals surface area contributed by atoms with Crippen LogP contribution in [0.4, 0.5) is 0 Å². The van der Waals surface area contributed by atoms with Gasteiger partial charge in [-0.15, -0.1) is 0 Å². The topological polar surface area (TPSA) is 32.3 Å². The second kappa shape index (κ2) is 12.2. The van der Waals surface area contributed by atoms with E-state index in [-0.39, 0.29) is 0 Å². The van der Waals surface area contributed by atoms with Crippen LogP contribution in [0.2, 0.25) is 0 Å². The SMILES string of the molecule is CCCCCCCCCCCCN1CCCNCC1=O. The fourth-order valence-electron chi connectivity index (χ4n) is 2.85. The van der Waals surface area contributed by atoms with E-state index in [0.717, 1.165) is 26.1 Å². The van der Waals surface area contributed by atoms with Crippen LogP contribution in [-0.4, -0.2) is 37.0 Å². The normalized spacial score (nSPS) is 16.4. The van der Waals surface area contributed by atoms with Crippen LogP contribution >= 0.6 is 0 Å². The first-order valence-electron chi connectivity index (χ1n) is 8.83. The van der Waals surface area contributed by atoms with Gasteiger partial charge in [-0.2, -0.15) is 0 Å². The van der Waals surface area contributed by atoms with Gasteiger partial charge in [0.2, 0.25) is 5.91 Å². The van der Waals surface area contributed by atoms with Gasteiger partial charge >= 0.3 is 0 Å². The summed E-state index contributed by atoms with van der Waals surface area (Å²) >= 11 is 0. The molecule has 1 saturated heterocycles. The number of hydrogen-bond donors (Lipinski definition) is 1. The van der Waals surface area contributed by atoms with Crippen LogP contribution in [0.15, 0.2) is 0 Å². The number of carbonyl (C=O) groups excluding carboxylic acids is 1. The summed E-state index contributed by atoms with van der Waals surface area (Å²) in [7, 11) is 0. The molecule has 1 aliphatic rings.